The van der Waals surface area contributed by atoms with E-state index in [0.29, 0.717) is 19.5 Å². The van der Waals surface area contributed by atoms with Gasteiger partial charge in [0.1, 0.15) is 12.6 Å². The molecule has 3 aliphatic heterocycles. The van der Waals surface area contributed by atoms with Gasteiger partial charge in [-0.1, -0.05) is 38.5 Å². The van der Waals surface area contributed by atoms with Gasteiger partial charge in [0, 0.05) is 17.8 Å². The lowest BCUT2D eigenvalue weighted by molar-refractivity contribution is -0.155. The number of esters is 1. The maximum atomic E-state index is 14.0. The molecule has 3 saturated heterocycles. The smallest absolute Gasteiger partial charge is 0.311 e. The van der Waals surface area contributed by atoms with Crippen LogP contribution in [-0.2, 0) is 19.1 Å². The molecule has 6 atom stereocenters. The van der Waals surface area contributed by atoms with Crippen molar-refractivity contribution in [2.45, 2.75) is 74.5 Å². The number of rotatable bonds is 12. The molecule has 3 heterocycles. The highest BCUT2D eigenvalue weighted by molar-refractivity contribution is 8.02. The first-order chi connectivity index (χ1) is 15.7. The summed E-state index contributed by atoms with van der Waals surface area (Å²) in [5.74, 6) is -2.00. The van der Waals surface area contributed by atoms with Crippen LogP contribution in [0.25, 0.3) is 0 Å². The molecule has 0 saturated carbocycles. The van der Waals surface area contributed by atoms with Crippen molar-refractivity contribution in [3.63, 3.8) is 0 Å². The summed E-state index contributed by atoms with van der Waals surface area (Å²) in [5.41, 5.74) is 0. The third-order valence-electron chi connectivity index (χ3n) is 7.48. The molecule has 0 aromatic heterocycles. The highest BCUT2D eigenvalue weighted by Gasteiger charge is 2.78. The van der Waals surface area contributed by atoms with Crippen LogP contribution in [0, 0.1) is 11.8 Å². The predicted molar refractivity (Wildman–Crippen MR) is 130 cm³/mol. The molecule has 8 heteroatoms. The second-order valence-electron chi connectivity index (χ2n) is 9.70. The number of carbonyl (C=O) groups excluding carboxylic acids is 3. The van der Waals surface area contributed by atoms with E-state index in [1.165, 1.54) is 6.08 Å². The van der Waals surface area contributed by atoms with Gasteiger partial charge < -0.3 is 19.6 Å². The van der Waals surface area contributed by atoms with E-state index in [-0.39, 0.29) is 25.0 Å². The third-order valence-corrected chi connectivity index (χ3v) is 9.46. The van der Waals surface area contributed by atoms with E-state index in [9.17, 15) is 19.5 Å². The summed E-state index contributed by atoms with van der Waals surface area (Å²) in [6, 6.07) is -1.24. The van der Waals surface area contributed by atoms with E-state index < -0.39 is 39.4 Å². The molecule has 7 nitrogen and oxygen atoms in total. The molecule has 2 unspecified atom stereocenters. The van der Waals surface area contributed by atoms with Crippen molar-refractivity contribution in [3.8, 4) is 0 Å². The molecule has 184 valence electrons. The molecule has 3 fully saturated rings. The fraction of sp³-hybridized carbons (Fsp3) is 0.720. The second-order valence-corrected chi connectivity index (χ2v) is 11.6. The minimum Gasteiger partial charge on any atom is -0.461 e. The summed E-state index contributed by atoms with van der Waals surface area (Å²) >= 11 is 1.61. The number of amides is 2. The van der Waals surface area contributed by atoms with Crippen molar-refractivity contribution in [3.05, 3.63) is 25.3 Å². The second kappa shape index (κ2) is 10.2. The van der Waals surface area contributed by atoms with Crippen molar-refractivity contribution < 1.29 is 24.2 Å². The molecule has 33 heavy (non-hydrogen) atoms. The van der Waals surface area contributed by atoms with Gasteiger partial charge in [-0.25, -0.2) is 0 Å². The molecule has 1 spiro atoms. The van der Waals surface area contributed by atoms with Crippen molar-refractivity contribution in [2.75, 3.05) is 26.3 Å². The van der Waals surface area contributed by atoms with E-state index >= 15 is 0 Å². The average Bonchev–Trinajstić information content (AvgIpc) is 3.36. The first kappa shape index (κ1) is 25.8. The molecule has 0 aliphatic carbocycles. The molecule has 3 rings (SSSR count). The van der Waals surface area contributed by atoms with Gasteiger partial charge in [0.2, 0.25) is 11.8 Å². The monoisotopic (exact) mass is 478 g/mol. The molecule has 1 N–H and O–H groups in total. The first-order valence-corrected chi connectivity index (χ1v) is 12.8. The molecular weight excluding hydrogens is 440 g/mol. The zero-order valence-corrected chi connectivity index (χ0v) is 20.9. The van der Waals surface area contributed by atoms with Crippen LogP contribution in [0.2, 0.25) is 0 Å². The van der Waals surface area contributed by atoms with Crippen LogP contribution < -0.4 is 0 Å². The highest BCUT2D eigenvalue weighted by Crippen LogP contribution is 2.71. The summed E-state index contributed by atoms with van der Waals surface area (Å²) in [6.45, 7) is 14.2. The van der Waals surface area contributed by atoms with E-state index in [4.69, 9.17) is 4.74 Å². The summed E-state index contributed by atoms with van der Waals surface area (Å²) in [7, 11) is 0. The third kappa shape index (κ3) is 4.25. The quantitative estimate of drug-likeness (QED) is 0.264. The standard InChI is InChI=1S/C25H38N2O5S/c1-6-9-10-14-26(13-7-2)22(30)20-25-12-11-24(5,33-25)19(23(31)32-15-8-3)18(25)21(29)27(20)17(4)16-28/h7-8,17-20,28H,2-3,6,9-16H2,1,4-5H3/t17-,18+,19-,20?,24+,25?/m1/s1. The number of ether oxygens (including phenoxy) is 1. The number of thioether (sulfide) groups is 1. The lowest BCUT2D eigenvalue weighted by Gasteiger charge is -2.38. The Bertz CT molecular complexity index is 804. The Hall–Kier alpha value is -1.80. The average molecular weight is 479 g/mol. The number of likely N-dealkylation sites (tertiary alicyclic amines) is 1. The topological polar surface area (TPSA) is 87.1 Å². The lowest BCUT2D eigenvalue weighted by Crippen LogP contribution is -2.57. The van der Waals surface area contributed by atoms with Crippen LogP contribution in [0.3, 0.4) is 0 Å². The van der Waals surface area contributed by atoms with Crippen LogP contribution in [0.1, 0.15) is 52.9 Å². The van der Waals surface area contributed by atoms with E-state index in [1.54, 1.807) is 34.6 Å². The fourth-order valence-electron chi connectivity index (χ4n) is 5.97. The van der Waals surface area contributed by atoms with Crippen molar-refractivity contribution in [1.29, 1.82) is 0 Å². The maximum absolute atomic E-state index is 14.0. The predicted octanol–water partition coefficient (Wildman–Crippen LogP) is 2.78. The Balaban J connectivity index is 2.02. The number of hydrogen-bond acceptors (Lipinski definition) is 6. The molecule has 3 aliphatic rings. The zero-order chi connectivity index (χ0) is 24.4. The Morgan fingerprint density at radius 2 is 2.06 bits per heavy atom. The zero-order valence-electron chi connectivity index (χ0n) is 20.1. The Kier molecular flexibility index (Phi) is 7.99. The van der Waals surface area contributed by atoms with Gasteiger partial charge in [-0.2, -0.15) is 0 Å². The van der Waals surface area contributed by atoms with Crippen LogP contribution in [0.4, 0.5) is 0 Å². The van der Waals surface area contributed by atoms with Gasteiger partial charge in [-0.05, 0) is 33.1 Å². The number of hydrogen-bond donors (Lipinski definition) is 1. The lowest BCUT2D eigenvalue weighted by atomic mass is 9.66. The SMILES string of the molecule is C=CCOC(=O)[C@H]1[C@H]2C(=O)N([C@H](C)CO)C(C(=O)N(CC=C)CCCCC)C23CC[C@]1(C)S3. The van der Waals surface area contributed by atoms with Gasteiger partial charge in [0.05, 0.1) is 29.2 Å². The van der Waals surface area contributed by atoms with Crippen molar-refractivity contribution in [2.24, 2.45) is 11.8 Å². The minimum absolute atomic E-state index is 0.0909. The molecule has 0 radical (unpaired) electrons. The van der Waals surface area contributed by atoms with E-state index in [1.807, 2.05) is 6.92 Å². The molecular formula is C25H38N2O5S. The Morgan fingerprint density at radius 1 is 1.33 bits per heavy atom. The van der Waals surface area contributed by atoms with E-state index in [0.717, 1.165) is 25.7 Å². The summed E-state index contributed by atoms with van der Waals surface area (Å²) in [4.78, 5) is 44.3. The molecule has 0 aromatic rings. The number of aliphatic hydroxyl groups is 1. The maximum Gasteiger partial charge on any atom is 0.311 e. The molecule has 2 bridgehead atoms. The molecule has 0 aromatic carbocycles. The van der Waals surface area contributed by atoms with Crippen LogP contribution in [-0.4, -0.2) is 80.6 Å². The fourth-order valence-corrected chi connectivity index (χ4v) is 8.29. The summed E-state index contributed by atoms with van der Waals surface area (Å²) in [5, 5.41) is 9.96. The van der Waals surface area contributed by atoms with Crippen LogP contribution in [0.5, 0.6) is 0 Å². The number of carbonyl (C=O) groups is 3. The number of fused-ring (bicyclic) bond motifs is 1. The Labute approximate surface area is 201 Å². The summed E-state index contributed by atoms with van der Waals surface area (Å²) in [6.07, 6.45) is 7.58. The van der Waals surface area contributed by atoms with Gasteiger partial charge in [0.15, 0.2) is 0 Å². The largest absolute Gasteiger partial charge is 0.461 e. The van der Waals surface area contributed by atoms with Gasteiger partial charge in [-0.15, -0.1) is 18.3 Å². The van der Waals surface area contributed by atoms with Crippen LogP contribution in [0.15, 0.2) is 25.3 Å². The minimum atomic E-state index is -0.720. The first-order valence-electron chi connectivity index (χ1n) is 12.0. The Morgan fingerprint density at radius 3 is 2.67 bits per heavy atom. The van der Waals surface area contributed by atoms with Crippen LogP contribution >= 0.6 is 11.8 Å². The number of aliphatic hydroxyl groups excluding tert-OH is 1. The van der Waals surface area contributed by atoms with Gasteiger partial charge >= 0.3 is 5.97 Å². The van der Waals surface area contributed by atoms with Crippen molar-refractivity contribution >= 4 is 29.5 Å². The highest BCUT2D eigenvalue weighted by atomic mass is 32.2. The van der Waals surface area contributed by atoms with Gasteiger partial charge in [0.25, 0.3) is 0 Å². The number of unbranched alkanes of at least 4 members (excludes halogenated alkanes) is 2. The molecule has 2 amide bonds. The van der Waals surface area contributed by atoms with Gasteiger partial charge in [-0.3, -0.25) is 14.4 Å². The van der Waals surface area contributed by atoms with Crippen molar-refractivity contribution in [1.82, 2.24) is 9.80 Å². The van der Waals surface area contributed by atoms with E-state index in [2.05, 4.69) is 20.1 Å². The summed E-state index contributed by atoms with van der Waals surface area (Å²) < 4.78 is 4.26. The normalized spacial score (nSPS) is 33.0. The number of nitrogens with zero attached hydrogens (tertiary/aromatic N) is 2.